The van der Waals surface area contributed by atoms with Crippen molar-refractivity contribution >= 4 is 0 Å². The average Bonchev–Trinajstić information content (AvgIpc) is 3.35. The molecule has 3 aromatic rings. The van der Waals surface area contributed by atoms with E-state index in [1.54, 1.807) is 12.3 Å². The van der Waals surface area contributed by atoms with Gasteiger partial charge in [-0.1, -0.05) is 30.3 Å². The predicted octanol–water partition coefficient (Wildman–Crippen LogP) is 3.73. The third kappa shape index (κ3) is 4.93. The highest BCUT2D eigenvalue weighted by Gasteiger charge is 2.23. The number of benzene rings is 2. The maximum absolute atomic E-state index is 9.67. The third-order valence-electron chi connectivity index (χ3n) is 5.34. The molecule has 1 aromatic heterocycles. The minimum atomic E-state index is 0.356. The second-order valence-electron chi connectivity index (χ2n) is 7.52. The summed E-state index contributed by atoms with van der Waals surface area (Å²) in [6, 6.07) is 16.0. The molecular formula is C23H27N3O2. The predicted molar refractivity (Wildman–Crippen MR) is 109 cm³/mol. The van der Waals surface area contributed by atoms with E-state index in [9.17, 15) is 5.11 Å². The highest BCUT2D eigenvalue weighted by atomic mass is 16.5. The fourth-order valence-corrected chi connectivity index (χ4v) is 3.94. The van der Waals surface area contributed by atoms with Crippen molar-refractivity contribution in [3.05, 3.63) is 78.4 Å². The van der Waals surface area contributed by atoms with Crippen molar-refractivity contribution in [1.29, 1.82) is 0 Å². The molecule has 5 nitrogen and oxygen atoms in total. The van der Waals surface area contributed by atoms with Gasteiger partial charge in [-0.2, -0.15) is 0 Å². The zero-order valence-corrected chi connectivity index (χ0v) is 16.1. The van der Waals surface area contributed by atoms with Crippen LogP contribution >= 0.6 is 0 Å². The number of rotatable bonds is 8. The number of ether oxygens (including phenoxy) is 1. The second kappa shape index (κ2) is 8.93. The van der Waals surface area contributed by atoms with Gasteiger partial charge < -0.3 is 14.4 Å². The van der Waals surface area contributed by atoms with Gasteiger partial charge in [-0.25, -0.2) is 4.98 Å². The maximum atomic E-state index is 9.67. The number of imidazole rings is 1. The lowest BCUT2D eigenvalue weighted by Gasteiger charge is -2.19. The van der Waals surface area contributed by atoms with Gasteiger partial charge in [0.15, 0.2) is 0 Å². The van der Waals surface area contributed by atoms with Gasteiger partial charge in [0.2, 0.25) is 0 Å². The molecule has 0 aliphatic carbocycles. The van der Waals surface area contributed by atoms with E-state index in [1.165, 1.54) is 17.5 Å². The van der Waals surface area contributed by atoms with Crippen molar-refractivity contribution in [3.8, 4) is 11.5 Å². The molecule has 2 aromatic carbocycles. The zero-order valence-electron chi connectivity index (χ0n) is 16.1. The van der Waals surface area contributed by atoms with Crippen molar-refractivity contribution in [3.63, 3.8) is 0 Å². The van der Waals surface area contributed by atoms with E-state index in [0.29, 0.717) is 18.3 Å². The Morgan fingerprint density at radius 2 is 2.07 bits per heavy atom. The number of phenols is 1. The molecule has 1 fully saturated rings. The molecule has 1 saturated heterocycles. The van der Waals surface area contributed by atoms with E-state index < -0.39 is 0 Å². The van der Waals surface area contributed by atoms with Gasteiger partial charge in [-0.05, 0) is 49.1 Å². The summed E-state index contributed by atoms with van der Waals surface area (Å²) in [5, 5.41) is 9.67. The Balaban J connectivity index is 1.30. The summed E-state index contributed by atoms with van der Waals surface area (Å²) in [5.74, 6) is 1.96. The second-order valence-corrected chi connectivity index (χ2v) is 7.52. The number of aromatic nitrogens is 2. The van der Waals surface area contributed by atoms with Gasteiger partial charge in [0.1, 0.15) is 18.1 Å². The van der Waals surface area contributed by atoms with Crippen molar-refractivity contribution < 1.29 is 9.84 Å². The molecule has 0 radical (unpaired) electrons. The van der Waals surface area contributed by atoms with Crippen molar-refractivity contribution in [2.75, 3.05) is 19.7 Å². The van der Waals surface area contributed by atoms with Crippen LogP contribution in [0.5, 0.6) is 11.5 Å². The summed E-state index contributed by atoms with van der Waals surface area (Å²) in [4.78, 5) is 6.57. The Morgan fingerprint density at radius 1 is 1.14 bits per heavy atom. The van der Waals surface area contributed by atoms with E-state index in [0.717, 1.165) is 38.3 Å². The van der Waals surface area contributed by atoms with Crippen molar-refractivity contribution in [2.24, 2.45) is 5.92 Å². The van der Waals surface area contributed by atoms with Crippen LogP contribution < -0.4 is 4.74 Å². The van der Waals surface area contributed by atoms with Crippen LogP contribution in [0, 0.1) is 5.92 Å². The first-order valence-corrected chi connectivity index (χ1v) is 9.93. The lowest BCUT2D eigenvalue weighted by molar-refractivity contribution is 0.278. The fourth-order valence-electron chi connectivity index (χ4n) is 3.94. The first kappa shape index (κ1) is 18.6. The molecule has 2 heterocycles. The van der Waals surface area contributed by atoms with E-state index >= 15 is 0 Å². The smallest absolute Gasteiger partial charge is 0.123 e. The number of para-hydroxylation sites is 1. The summed E-state index contributed by atoms with van der Waals surface area (Å²) in [6.45, 7) is 4.53. The van der Waals surface area contributed by atoms with Gasteiger partial charge >= 0.3 is 0 Å². The molecule has 1 aliphatic rings. The van der Waals surface area contributed by atoms with Crippen LogP contribution in [0.1, 0.15) is 17.5 Å². The van der Waals surface area contributed by atoms with Crippen LogP contribution in [-0.4, -0.2) is 39.3 Å². The number of phenolic OH excluding ortho intramolecular Hbond substituents is 1. The summed E-state index contributed by atoms with van der Waals surface area (Å²) in [6.07, 6.45) is 7.76. The number of aromatic hydroxyl groups is 1. The topological polar surface area (TPSA) is 50.5 Å². The van der Waals surface area contributed by atoms with Crippen molar-refractivity contribution in [2.45, 2.75) is 25.9 Å². The lowest BCUT2D eigenvalue weighted by Crippen LogP contribution is -2.21. The quantitative estimate of drug-likeness (QED) is 0.650. The van der Waals surface area contributed by atoms with Gasteiger partial charge in [-0.15, -0.1) is 0 Å². The number of hydrogen-bond donors (Lipinski definition) is 1. The van der Waals surface area contributed by atoms with Gasteiger partial charge in [0.25, 0.3) is 0 Å². The number of likely N-dealkylation sites (tertiary alicyclic amines) is 1. The molecule has 0 saturated carbocycles. The zero-order chi connectivity index (χ0) is 19.2. The third-order valence-corrected chi connectivity index (χ3v) is 5.34. The molecule has 5 heteroatoms. The molecule has 4 rings (SSSR count). The molecule has 0 amide bonds. The van der Waals surface area contributed by atoms with E-state index in [2.05, 4.69) is 34.1 Å². The first-order valence-electron chi connectivity index (χ1n) is 9.93. The Kier molecular flexibility index (Phi) is 5.92. The monoisotopic (exact) mass is 377 g/mol. The maximum Gasteiger partial charge on any atom is 0.123 e. The van der Waals surface area contributed by atoms with E-state index in [1.807, 2.05) is 35.3 Å². The number of nitrogens with zero attached hydrogens (tertiary/aromatic N) is 3. The molecule has 1 N–H and O–H groups in total. The summed E-state index contributed by atoms with van der Waals surface area (Å²) in [5.41, 5.74) is 2.46. The molecule has 0 bridgehead atoms. The molecular weight excluding hydrogens is 350 g/mol. The van der Waals surface area contributed by atoms with Crippen LogP contribution in [0.25, 0.3) is 0 Å². The van der Waals surface area contributed by atoms with Gasteiger partial charge in [0, 0.05) is 31.0 Å². The summed E-state index contributed by atoms with van der Waals surface area (Å²) in [7, 11) is 0. The van der Waals surface area contributed by atoms with Crippen LogP contribution in [0.2, 0.25) is 0 Å². The van der Waals surface area contributed by atoms with Crippen molar-refractivity contribution in [1.82, 2.24) is 14.5 Å². The highest BCUT2D eigenvalue weighted by Crippen LogP contribution is 2.26. The normalized spacial score (nSPS) is 17.1. The standard InChI is InChI=1S/C23H27N3O2/c27-22-6-3-4-19(15-22)14-20-8-10-26(16-20)17-21-5-1-2-7-23(21)28-13-12-25-11-9-24-18-25/h1-7,9,11,15,18,20,27H,8,10,12-14,16-17H2. The fraction of sp³-hybridized carbons (Fsp3) is 0.348. The Labute approximate surface area is 166 Å². The molecule has 1 aliphatic heterocycles. The Hall–Kier alpha value is -2.79. The summed E-state index contributed by atoms with van der Waals surface area (Å²) < 4.78 is 8.08. The van der Waals surface area contributed by atoms with Crippen LogP contribution in [-0.2, 0) is 19.5 Å². The molecule has 28 heavy (non-hydrogen) atoms. The van der Waals surface area contributed by atoms with Gasteiger partial charge in [0.05, 0.1) is 12.9 Å². The van der Waals surface area contributed by atoms with Crippen LogP contribution in [0.3, 0.4) is 0 Å². The minimum Gasteiger partial charge on any atom is -0.508 e. The Bertz CT molecular complexity index is 879. The van der Waals surface area contributed by atoms with Crippen LogP contribution in [0.4, 0.5) is 0 Å². The molecule has 1 unspecified atom stereocenters. The Morgan fingerprint density at radius 3 is 2.93 bits per heavy atom. The average molecular weight is 377 g/mol. The largest absolute Gasteiger partial charge is 0.508 e. The summed E-state index contributed by atoms with van der Waals surface area (Å²) >= 11 is 0. The molecule has 1 atom stereocenters. The highest BCUT2D eigenvalue weighted by molar-refractivity contribution is 5.33. The lowest BCUT2D eigenvalue weighted by atomic mass is 9.98. The van der Waals surface area contributed by atoms with E-state index in [-0.39, 0.29) is 0 Å². The number of hydrogen-bond acceptors (Lipinski definition) is 4. The first-order chi connectivity index (χ1) is 13.8. The SMILES string of the molecule is Oc1cccc(CC2CCN(Cc3ccccc3OCCn3ccnc3)C2)c1. The van der Waals surface area contributed by atoms with Crippen LogP contribution in [0.15, 0.2) is 67.3 Å². The van der Waals surface area contributed by atoms with Gasteiger partial charge in [-0.3, -0.25) is 4.90 Å². The van der Waals surface area contributed by atoms with E-state index in [4.69, 9.17) is 4.74 Å². The molecule has 146 valence electrons. The minimum absolute atomic E-state index is 0.356. The molecule has 0 spiro atoms.